The van der Waals surface area contributed by atoms with Gasteiger partial charge in [-0.3, -0.25) is 0 Å². The molecule has 1 aromatic rings. The zero-order valence-electron chi connectivity index (χ0n) is 10.6. The van der Waals surface area contributed by atoms with Gasteiger partial charge in [0.1, 0.15) is 5.75 Å². The molecule has 0 atom stereocenters. The van der Waals surface area contributed by atoms with Gasteiger partial charge in [-0.25, -0.2) is 8.42 Å². The number of hydrogen-bond acceptors (Lipinski definition) is 4. The molecule has 0 aromatic heterocycles. The lowest BCUT2D eigenvalue weighted by molar-refractivity contribution is 0.474. The molecule has 0 saturated heterocycles. The first-order valence-electron chi connectivity index (χ1n) is 6.59. The van der Waals surface area contributed by atoms with E-state index in [0.717, 1.165) is 12.8 Å². The summed E-state index contributed by atoms with van der Waals surface area (Å²) >= 11 is 0. The van der Waals surface area contributed by atoms with Crippen molar-refractivity contribution in [1.29, 1.82) is 0 Å². The number of sulfone groups is 1. The van der Waals surface area contributed by atoms with E-state index in [4.69, 9.17) is 0 Å². The fourth-order valence-electron chi connectivity index (χ4n) is 2.81. The number of fused-ring (bicyclic) bond motifs is 1. The lowest BCUT2D eigenvalue weighted by atomic mass is 10.2. The standard InChI is InChI=1S/C14H17NO3S/c16-12-5-6-14-10(7-12)8-13(19(14,17)18)9-15-11-3-1-2-4-11/h5-8,11,15-16H,1-4,9H2. The Morgan fingerprint density at radius 3 is 2.74 bits per heavy atom. The summed E-state index contributed by atoms with van der Waals surface area (Å²) in [5, 5.41) is 12.7. The quantitative estimate of drug-likeness (QED) is 0.888. The molecule has 5 heteroatoms. The summed E-state index contributed by atoms with van der Waals surface area (Å²) in [6.45, 7) is 0.377. The van der Waals surface area contributed by atoms with Crippen LogP contribution >= 0.6 is 0 Å². The number of phenolic OH excluding ortho intramolecular Hbond substituents is 1. The van der Waals surface area contributed by atoms with Gasteiger partial charge in [0.15, 0.2) is 0 Å². The molecule has 2 aliphatic rings. The molecule has 1 saturated carbocycles. The minimum atomic E-state index is -3.37. The maximum Gasteiger partial charge on any atom is 0.204 e. The van der Waals surface area contributed by atoms with Crippen molar-refractivity contribution in [2.45, 2.75) is 36.6 Å². The van der Waals surface area contributed by atoms with Crippen LogP contribution in [0, 0.1) is 0 Å². The van der Waals surface area contributed by atoms with Crippen molar-refractivity contribution in [2.75, 3.05) is 6.54 Å². The molecule has 102 valence electrons. The van der Waals surface area contributed by atoms with Crippen LogP contribution in [0.2, 0.25) is 0 Å². The van der Waals surface area contributed by atoms with Crippen LogP contribution in [0.3, 0.4) is 0 Å². The third-order valence-corrected chi connectivity index (χ3v) is 5.77. The van der Waals surface area contributed by atoms with Crippen LogP contribution in [0.4, 0.5) is 0 Å². The highest BCUT2D eigenvalue weighted by Crippen LogP contribution is 2.34. The van der Waals surface area contributed by atoms with Crippen molar-refractivity contribution in [3.05, 3.63) is 28.7 Å². The van der Waals surface area contributed by atoms with Gasteiger partial charge in [0, 0.05) is 12.6 Å². The van der Waals surface area contributed by atoms with E-state index in [2.05, 4.69) is 5.32 Å². The highest BCUT2D eigenvalue weighted by Gasteiger charge is 2.30. The smallest absolute Gasteiger partial charge is 0.204 e. The summed E-state index contributed by atoms with van der Waals surface area (Å²) in [4.78, 5) is 0.702. The van der Waals surface area contributed by atoms with E-state index in [0.29, 0.717) is 28.0 Å². The Balaban J connectivity index is 1.81. The van der Waals surface area contributed by atoms with Gasteiger partial charge in [0.25, 0.3) is 0 Å². The molecule has 1 heterocycles. The maximum absolute atomic E-state index is 12.3. The molecular weight excluding hydrogens is 262 g/mol. The first kappa shape index (κ1) is 12.7. The minimum Gasteiger partial charge on any atom is -0.508 e. The number of aromatic hydroxyl groups is 1. The lowest BCUT2D eigenvalue weighted by Gasteiger charge is -2.12. The summed E-state index contributed by atoms with van der Waals surface area (Å²) in [5.74, 6) is 0.0928. The van der Waals surface area contributed by atoms with Crippen LogP contribution in [0.1, 0.15) is 31.2 Å². The second-order valence-corrected chi connectivity index (χ2v) is 7.17. The molecule has 1 aromatic carbocycles. The van der Waals surface area contributed by atoms with Crippen LogP contribution in [-0.4, -0.2) is 26.1 Å². The molecule has 4 nitrogen and oxygen atoms in total. The Labute approximate surface area is 113 Å². The highest BCUT2D eigenvalue weighted by molar-refractivity contribution is 7.95. The number of phenols is 1. The molecule has 1 aliphatic heterocycles. The van der Waals surface area contributed by atoms with Crippen LogP contribution < -0.4 is 5.32 Å². The normalized spacial score (nSPS) is 21.4. The minimum absolute atomic E-state index is 0.0928. The zero-order valence-corrected chi connectivity index (χ0v) is 11.4. The van der Waals surface area contributed by atoms with E-state index in [1.54, 1.807) is 6.08 Å². The van der Waals surface area contributed by atoms with Crippen LogP contribution in [0.5, 0.6) is 5.75 Å². The van der Waals surface area contributed by atoms with Crippen LogP contribution in [-0.2, 0) is 9.84 Å². The second kappa shape index (κ2) is 4.65. The van der Waals surface area contributed by atoms with Crippen LogP contribution in [0.15, 0.2) is 28.0 Å². The number of benzene rings is 1. The SMILES string of the molecule is O=S1(=O)C(CNC2CCCC2)=Cc2cc(O)ccc21. The van der Waals surface area contributed by atoms with Gasteiger partial charge in [0.05, 0.1) is 9.80 Å². The Morgan fingerprint density at radius 2 is 2.00 bits per heavy atom. The van der Waals surface area contributed by atoms with Crippen molar-refractivity contribution in [3.63, 3.8) is 0 Å². The van der Waals surface area contributed by atoms with Crippen molar-refractivity contribution < 1.29 is 13.5 Å². The fraction of sp³-hybridized carbons (Fsp3) is 0.429. The number of hydrogen-bond donors (Lipinski definition) is 2. The average molecular weight is 279 g/mol. The van der Waals surface area contributed by atoms with Gasteiger partial charge in [-0.2, -0.15) is 0 Å². The Kier molecular flexibility index (Phi) is 3.11. The van der Waals surface area contributed by atoms with E-state index >= 15 is 0 Å². The molecule has 0 radical (unpaired) electrons. The molecule has 3 rings (SSSR count). The topological polar surface area (TPSA) is 66.4 Å². The zero-order chi connectivity index (χ0) is 13.5. The Morgan fingerprint density at radius 1 is 1.26 bits per heavy atom. The van der Waals surface area contributed by atoms with Gasteiger partial charge >= 0.3 is 0 Å². The van der Waals surface area contributed by atoms with E-state index in [1.165, 1.54) is 31.0 Å². The number of rotatable bonds is 3. The largest absolute Gasteiger partial charge is 0.508 e. The average Bonchev–Trinajstić information content (AvgIpc) is 2.93. The van der Waals surface area contributed by atoms with Gasteiger partial charge in [-0.15, -0.1) is 0 Å². The Hall–Kier alpha value is -1.33. The predicted molar refractivity (Wildman–Crippen MR) is 73.5 cm³/mol. The van der Waals surface area contributed by atoms with Crippen molar-refractivity contribution in [2.24, 2.45) is 0 Å². The molecule has 0 amide bonds. The summed E-state index contributed by atoms with van der Waals surface area (Å²) in [7, 11) is -3.37. The molecule has 2 N–H and O–H groups in total. The molecule has 1 aliphatic carbocycles. The molecule has 0 bridgehead atoms. The van der Waals surface area contributed by atoms with Gasteiger partial charge in [0.2, 0.25) is 9.84 Å². The summed E-state index contributed by atoms with van der Waals surface area (Å²) < 4.78 is 24.6. The number of nitrogens with one attached hydrogen (secondary N) is 1. The molecule has 19 heavy (non-hydrogen) atoms. The highest BCUT2D eigenvalue weighted by atomic mass is 32.2. The van der Waals surface area contributed by atoms with Gasteiger partial charge < -0.3 is 10.4 Å². The molecular formula is C14H17NO3S. The van der Waals surface area contributed by atoms with Gasteiger partial charge in [-0.05, 0) is 42.7 Å². The second-order valence-electron chi connectivity index (χ2n) is 5.20. The maximum atomic E-state index is 12.3. The lowest BCUT2D eigenvalue weighted by Crippen LogP contribution is -2.29. The summed E-state index contributed by atoms with van der Waals surface area (Å²) in [6, 6.07) is 4.82. The van der Waals surface area contributed by atoms with Crippen molar-refractivity contribution >= 4 is 15.9 Å². The van der Waals surface area contributed by atoms with Crippen molar-refractivity contribution in [1.82, 2.24) is 5.32 Å². The molecule has 0 unspecified atom stereocenters. The first-order chi connectivity index (χ1) is 9.07. The fourth-order valence-corrected chi connectivity index (χ4v) is 4.32. The molecule has 1 fully saturated rings. The third kappa shape index (κ3) is 2.28. The van der Waals surface area contributed by atoms with Gasteiger partial charge in [-0.1, -0.05) is 12.8 Å². The molecule has 0 spiro atoms. The Bertz CT molecular complexity index is 628. The monoisotopic (exact) mass is 279 g/mol. The van der Waals surface area contributed by atoms with E-state index < -0.39 is 9.84 Å². The predicted octanol–water partition coefficient (Wildman–Crippen LogP) is 2.05. The van der Waals surface area contributed by atoms with E-state index in [-0.39, 0.29) is 5.75 Å². The summed E-state index contributed by atoms with van der Waals surface area (Å²) in [5.41, 5.74) is 0.586. The first-order valence-corrected chi connectivity index (χ1v) is 8.08. The third-order valence-electron chi connectivity index (χ3n) is 3.86. The van der Waals surface area contributed by atoms with E-state index in [1.807, 2.05) is 0 Å². The van der Waals surface area contributed by atoms with E-state index in [9.17, 15) is 13.5 Å². The van der Waals surface area contributed by atoms with Crippen LogP contribution in [0.25, 0.3) is 6.08 Å². The summed E-state index contributed by atoms with van der Waals surface area (Å²) in [6.07, 6.45) is 6.35. The van der Waals surface area contributed by atoms with Crippen molar-refractivity contribution in [3.8, 4) is 5.75 Å².